The van der Waals surface area contributed by atoms with Crippen LogP contribution in [0.1, 0.15) is 5.56 Å². The van der Waals surface area contributed by atoms with Crippen LogP contribution >= 0.6 is 0 Å². The number of benzene rings is 4. The smallest absolute Gasteiger partial charge is 0.161 e. The summed E-state index contributed by atoms with van der Waals surface area (Å²) in [6.45, 7) is 0. The molecule has 0 saturated carbocycles. The number of para-hydroxylation sites is 2. The summed E-state index contributed by atoms with van der Waals surface area (Å²) >= 11 is 0. The van der Waals surface area contributed by atoms with Gasteiger partial charge in [0.05, 0.1) is 10.7 Å². The van der Waals surface area contributed by atoms with Crippen molar-refractivity contribution in [1.29, 1.82) is 0 Å². The molecule has 0 unspecified atom stereocenters. The van der Waals surface area contributed by atoms with Crippen molar-refractivity contribution in [2.45, 2.75) is 0 Å². The number of phenolic OH excluding ortho intramolecular Hbond substituents is 2. The van der Waals surface area contributed by atoms with Gasteiger partial charge in [0, 0.05) is 16.0 Å². The van der Waals surface area contributed by atoms with Gasteiger partial charge in [0.15, 0.2) is 5.82 Å². The van der Waals surface area contributed by atoms with Crippen LogP contribution in [0.15, 0.2) is 88.8 Å². The number of aromatic hydroxyl groups is 2. The topological polar surface area (TPSA) is 65.2 Å². The number of hydrogen-bond donors (Lipinski definition) is 2. The number of nitrogens with zero attached hydrogens (tertiary/aromatic N) is 2. The quantitative estimate of drug-likeness (QED) is 0.464. The maximum atomic E-state index is 11.4. The molecule has 142 valence electrons. The van der Waals surface area contributed by atoms with Gasteiger partial charge < -0.3 is 10.2 Å². The van der Waals surface area contributed by atoms with Crippen LogP contribution in [0.25, 0.3) is 34.2 Å². The third-order valence-corrected chi connectivity index (χ3v) is 5.62. The van der Waals surface area contributed by atoms with Crippen LogP contribution in [-0.4, -0.2) is 10.2 Å². The lowest BCUT2D eigenvalue weighted by Gasteiger charge is -2.10. The van der Waals surface area contributed by atoms with E-state index in [-0.39, 0.29) is 11.5 Å². The molecule has 30 heavy (non-hydrogen) atoms. The number of fused-ring (bicyclic) bond motifs is 4. The first-order valence-corrected chi connectivity index (χ1v) is 9.72. The van der Waals surface area contributed by atoms with Crippen molar-refractivity contribution < 1.29 is 10.2 Å². The van der Waals surface area contributed by atoms with Crippen molar-refractivity contribution in [1.82, 2.24) is 0 Å². The van der Waals surface area contributed by atoms with Gasteiger partial charge in [-0.05, 0) is 58.7 Å². The molecule has 1 heterocycles. The van der Waals surface area contributed by atoms with Gasteiger partial charge in [-0.3, -0.25) is 0 Å². The lowest BCUT2D eigenvalue weighted by Crippen LogP contribution is -2.19. The van der Waals surface area contributed by atoms with Crippen molar-refractivity contribution >= 4 is 11.9 Å². The Morgan fingerprint density at radius 2 is 1.33 bits per heavy atom. The van der Waals surface area contributed by atoms with Gasteiger partial charge in [0.1, 0.15) is 11.5 Å². The van der Waals surface area contributed by atoms with Gasteiger partial charge in [-0.25, -0.2) is 9.98 Å². The first kappa shape index (κ1) is 16.7. The second-order valence-electron chi connectivity index (χ2n) is 7.42. The summed E-state index contributed by atoms with van der Waals surface area (Å²) in [4.78, 5) is 9.45. The van der Waals surface area contributed by atoms with Gasteiger partial charge in [-0.2, -0.15) is 0 Å². The Hall–Kier alpha value is -4.18. The highest BCUT2D eigenvalue weighted by Crippen LogP contribution is 2.32. The number of rotatable bonds is 1. The summed E-state index contributed by atoms with van der Waals surface area (Å²) in [6.07, 6.45) is 2.01. The third kappa shape index (κ3) is 2.40. The first-order chi connectivity index (χ1) is 14.7. The maximum absolute atomic E-state index is 11.4. The Labute approximate surface area is 171 Å². The van der Waals surface area contributed by atoms with E-state index < -0.39 is 0 Å². The molecule has 0 atom stereocenters. The standard InChI is InChI=1S/C26H16N2O2/c29-17-11-9-15(10-12-17)24-21(26-27-22-7-3-4-8-23(22)28-26)14-19-18-6-2-1-5-16(18)13-20(19)25(24)30/h1-14,29-30H. The molecule has 0 radical (unpaired) electrons. The number of hydrogen-bond acceptors (Lipinski definition) is 4. The van der Waals surface area contributed by atoms with Gasteiger partial charge in [0.25, 0.3) is 0 Å². The van der Waals surface area contributed by atoms with Crippen LogP contribution in [0.5, 0.6) is 11.5 Å². The molecule has 4 aromatic rings. The van der Waals surface area contributed by atoms with Gasteiger partial charge in [0.2, 0.25) is 0 Å². The minimum Gasteiger partial charge on any atom is -0.508 e. The third-order valence-electron chi connectivity index (χ3n) is 5.62. The Morgan fingerprint density at radius 3 is 2.07 bits per heavy atom. The SMILES string of the molecule is Oc1ccc(-c2c(O)c3c(cc2=C2N=c4ccccc4=N2)-c2ccccc2C=3)cc1. The van der Waals surface area contributed by atoms with E-state index in [1.165, 1.54) is 0 Å². The van der Waals surface area contributed by atoms with E-state index in [0.29, 0.717) is 11.4 Å². The molecule has 6 rings (SSSR count). The van der Waals surface area contributed by atoms with Crippen molar-refractivity contribution in [3.05, 3.63) is 106 Å². The second-order valence-corrected chi connectivity index (χ2v) is 7.42. The lowest BCUT2D eigenvalue weighted by molar-refractivity contribution is 0.472. The van der Waals surface area contributed by atoms with Crippen molar-refractivity contribution in [3.63, 3.8) is 0 Å². The summed E-state index contributed by atoms with van der Waals surface area (Å²) in [5, 5.41) is 24.3. The fourth-order valence-electron chi connectivity index (χ4n) is 4.20. The molecule has 4 nitrogen and oxygen atoms in total. The fourth-order valence-corrected chi connectivity index (χ4v) is 4.20. The predicted molar refractivity (Wildman–Crippen MR) is 116 cm³/mol. The van der Waals surface area contributed by atoms with Crippen LogP contribution in [0.2, 0.25) is 0 Å². The molecule has 4 aromatic carbocycles. The molecule has 2 N–H and O–H groups in total. The van der Waals surface area contributed by atoms with Crippen molar-refractivity contribution in [2.24, 2.45) is 9.98 Å². The zero-order valence-electron chi connectivity index (χ0n) is 15.9. The fraction of sp³-hybridized carbons (Fsp3) is 0. The van der Waals surface area contributed by atoms with Gasteiger partial charge in [-0.1, -0.05) is 48.5 Å². The Morgan fingerprint density at radius 1 is 0.667 bits per heavy atom. The Balaban J connectivity index is 1.77. The Kier molecular flexibility index (Phi) is 3.44. The zero-order chi connectivity index (χ0) is 20.2. The Bertz CT molecular complexity index is 1560. The zero-order valence-corrected chi connectivity index (χ0v) is 15.9. The summed E-state index contributed by atoms with van der Waals surface area (Å²) in [6, 6.07) is 24.7. The molecule has 0 amide bonds. The van der Waals surface area contributed by atoms with Gasteiger partial charge >= 0.3 is 0 Å². The first-order valence-electron chi connectivity index (χ1n) is 9.72. The van der Waals surface area contributed by atoms with Crippen LogP contribution < -0.4 is 21.2 Å². The highest BCUT2D eigenvalue weighted by Gasteiger charge is 2.20. The summed E-state index contributed by atoms with van der Waals surface area (Å²) in [7, 11) is 0. The van der Waals surface area contributed by atoms with E-state index in [9.17, 15) is 10.2 Å². The minimum absolute atomic E-state index is 0.176. The van der Waals surface area contributed by atoms with E-state index in [0.717, 1.165) is 43.4 Å². The maximum Gasteiger partial charge on any atom is 0.161 e. The van der Waals surface area contributed by atoms with Gasteiger partial charge in [-0.15, -0.1) is 0 Å². The molecule has 1 aliphatic carbocycles. The van der Waals surface area contributed by atoms with E-state index in [1.807, 2.05) is 48.5 Å². The average Bonchev–Trinajstić information content (AvgIpc) is 3.36. The average molecular weight is 388 g/mol. The molecular weight excluding hydrogens is 372 g/mol. The van der Waals surface area contributed by atoms with Crippen molar-refractivity contribution in [3.8, 4) is 33.8 Å². The highest BCUT2D eigenvalue weighted by molar-refractivity contribution is 5.88. The van der Waals surface area contributed by atoms with E-state index in [2.05, 4.69) is 12.1 Å². The molecule has 1 aliphatic heterocycles. The van der Waals surface area contributed by atoms with Crippen LogP contribution in [0.4, 0.5) is 0 Å². The van der Waals surface area contributed by atoms with Crippen molar-refractivity contribution in [2.75, 3.05) is 0 Å². The monoisotopic (exact) mass is 388 g/mol. The molecule has 4 heteroatoms. The minimum atomic E-state index is 0.176. The second kappa shape index (κ2) is 6.16. The largest absolute Gasteiger partial charge is 0.508 e. The van der Waals surface area contributed by atoms with E-state index >= 15 is 0 Å². The summed E-state index contributed by atoms with van der Waals surface area (Å²) in [5.74, 6) is 0.940. The molecule has 2 aliphatic rings. The molecule has 0 spiro atoms. The van der Waals surface area contributed by atoms with Crippen LogP contribution in [-0.2, 0) is 0 Å². The summed E-state index contributed by atoms with van der Waals surface area (Å²) in [5.41, 5.74) is 4.58. The normalized spacial score (nSPS) is 13.0. The van der Waals surface area contributed by atoms with Crippen LogP contribution in [0.3, 0.4) is 0 Å². The molecule has 0 bridgehead atoms. The highest BCUT2D eigenvalue weighted by atomic mass is 16.3. The molecule has 0 fully saturated rings. The predicted octanol–water partition coefficient (Wildman–Crippen LogP) is 2.59. The molecular formula is C26H16N2O2. The molecule has 0 saturated heterocycles. The lowest BCUT2D eigenvalue weighted by atomic mass is 9.96. The molecule has 0 aromatic heterocycles. The van der Waals surface area contributed by atoms with Crippen LogP contribution in [0, 0.1) is 0 Å². The number of phenols is 2. The van der Waals surface area contributed by atoms with E-state index in [4.69, 9.17) is 9.98 Å². The summed E-state index contributed by atoms with van der Waals surface area (Å²) < 4.78 is 0. The van der Waals surface area contributed by atoms with E-state index in [1.54, 1.807) is 24.3 Å².